The summed E-state index contributed by atoms with van der Waals surface area (Å²) in [5, 5.41) is 6.01. The van der Waals surface area contributed by atoms with Crippen molar-refractivity contribution < 1.29 is 9.59 Å². The maximum Gasteiger partial charge on any atom is 0.251 e. The van der Waals surface area contributed by atoms with E-state index in [1.807, 2.05) is 17.8 Å². The molecule has 1 aliphatic carbocycles. The van der Waals surface area contributed by atoms with Crippen molar-refractivity contribution in [1.82, 2.24) is 14.9 Å². The molecule has 2 aliphatic rings. The number of imidazole rings is 1. The number of anilines is 2. The molecule has 2 N–H and O–H groups in total. The number of nitrogens with zero attached hydrogens (tertiary/aromatic N) is 3. The van der Waals surface area contributed by atoms with Crippen LogP contribution in [0.5, 0.6) is 0 Å². The number of carbonyl (C=O) groups excluding carboxylic acids is 2. The Kier molecular flexibility index (Phi) is 4.83. The normalized spacial score (nSPS) is 17.6. The number of hydrogen-bond donors (Lipinski definition) is 2. The second-order valence-electron chi connectivity index (χ2n) is 7.41. The third-order valence-corrected chi connectivity index (χ3v) is 5.27. The lowest BCUT2D eigenvalue weighted by atomic mass is 10.0. The van der Waals surface area contributed by atoms with Crippen LogP contribution in [0.3, 0.4) is 0 Å². The lowest BCUT2D eigenvalue weighted by Crippen LogP contribution is -2.45. The van der Waals surface area contributed by atoms with Gasteiger partial charge in [0.25, 0.3) is 5.91 Å². The van der Waals surface area contributed by atoms with Crippen molar-refractivity contribution >= 4 is 23.5 Å². The number of benzene rings is 1. The minimum atomic E-state index is -0.0643. The highest BCUT2D eigenvalue weighted by Gasteiger charge is 2.29. The van der Waals surface area contributed by atoms with Crippen LogP contribution in [0.15, 0.2) is 36.7 Å². The molecule has 2 fully saturated rings. The summed E-state index contributed by atoms with van der Waals surface area (Å²) in [4.78, 5) is 30.9. The fraction of sp³-hybridized carbons (Fsp3) is 0.450. The molecule has 1 aromatic carbocycles. The van der Waals surface area contributed by atoms with Gasteiger partial charge < -0.3 is 20.1 Å². The van der Waals surface area contributed by atoms with Crippen molar-refractivity contribution in [2.75, 3.05) is 23.3 Å². The Bertz CT molecular complexity index is 817. The summed E-state index contributed by atoms with van der Waals surface area (Å²) in [6.45, 7) is 1.75. The van der Waals surface area contributed by atoms with Gasteiger partial charge in [0.2, 0.25) is 11.9 Å². The molecule has 2 heterocycles. The maximum absolute atomic E-state index is 12.5. The number of piperidine rings is 1. The quantitative estimate of drug-likeness (QED) is 0.849. The van der Waals surface area contributed by atoms with Crippen LogP contribution in [0.4, 0.5) is 11.6 Å². The summed E-state index contributed by atoms with van der Waals surface area (Å²) in [6, 6.07) is 7.28. The van der Waals surface area contributed by atoms with Crippen LogP contribution in [0, 0.1) is 5.92 Å². The predicted molar refractivity (Wildman–Crippen MR) is 104 cm³/mol. The number of aryl methyl sites for hydroxylation is 1. The molecule has 0 spiro atoms. The van der Waals surface area contributed by atoms with E-state index in [0.717, 1.165) is 50.4 Å². The molecule has 142 valence electrons. The van der Waals surface area contributed by atoms with Gasteiger partial charge in [0.1, 0.15) is 0 Å². The van der Waals surface area contributed by atoms with Crippen molar-refractivity contribution in [1.29, 1.82) is 0 Å². The lowest BCUT2D eigenvalue weighted by molar-refractivity contribution is -0.117. The number of carbonyl (C=O) groups is 2. The second kappa shape index (κ2) is 7.42. The van der Waals surface area contributed by atoms with Crippen LogP contribution in [0.25, 0.3) is 0 Å². The molecular weight excluding hydrogens is 342 g/mol. The first-order valence-electron chi connectivity index (χ1n) is 9.54. The van der Waals surface area contributed by atoms with E-state index in [-0.39, 0.29) is 23.8 Å². The standard InChI is InChI=1S/C20H25N5O2/c1-24-13-10-21-20(24)25-11-8-17(9-12-25)23-19(27)15-4-6-16(7-5-15)22-18(26)14-2-3-14/h4-7,10,13-14,17H,2-3,8-9,11-12H2,1H3,(H,22,26)(H,23,27). The van der Waals surface area contributed by atoms with E-state index >= 15 is 0 Å². The zero-order chi connectivity index (χ0) is 18.8. The van der Waals surface area contributed by atoms with Gasteiger partial charge in [-0.2, -0.15) is 0 Å². The first-order valence-corrected chi connectivity index (χ1v) is 9.54. The van der Waals surface area contributed by atoms with Crippen LogP contribution >= 0.6 is 0 Å². The van der Waals surface area contributed by atoms with E-state index in [0.29, 0.717) is 5.56 Å². The summed E-state index contributed by atoms with van der Waals surface area (Å²) in [6.07, 6.45) is 7.50. The first-order chi connectivity index (χ1) is 13.1. The highest BCUT2D eigenvalue weighted by atomic mass is 16.2. The van der Waals surface area contributed by atoms with Gasteiger partial charge >= 0.3 is 0 Å². The molecule has 7 heteroatoms. The van der Waals surface area contributed by atoms with E-state index in [1.165, 1.54) is 0 Å². The van der Waals surface area contributed by atoms with Crippen molar-refractivity contribution in [3.8, 4) is 0 Å². The smallest absolute Gasteiger partial charge is 0.251 e. The molecule has 1 aliphatic heterocycles. The van der Waals surface area contributed by atoms with Gasteiger partial charge in [-0.1, -0.05) is 0 Å². The number of nitrogens with one attached hydrogen (secondary N) is 2. The van der Waals surface area contributed by atoms with Gasteiger partial charge in [-0.05, 0) is 49.9 Å². The third-order valence-electron chi connectivity index (χ3n) is 5.27. The highest BCUT2D eigenvalue weighted by molar-refractivity contribution is 5.96. The summed E-state index contributed by atoms with van der Waals surface area (Å²) >= 11 is 0. The zero-order valence-corrected chi connectivity index (χ0v) is 15.5. The molecule has 0 radical (unpaired) electrons. The van der Waals surface area contributed by atoms with Crippen molar-refractivity contribution in [2.24, 2.45) is 13.0 Å². The molecule has 7 nitrogen and oxygen atoms in total. The molecule has 0 atom stereocenters. The largest absolute Gasteiger partial charge is 0.349 e. The minimum absolute atomic E-state index is 0.0643. The maximum atomic E-state index is 12.5. The highest BCUT2D eigenvalue weighted by Crippen LogP contribution is 2.30. The summed E-state index contributed by atoms with van der Waals surface area (Å²) in [7, 11) is 1.99. The molecule has 2 amide bonds. The third kappa shape index (κ3) is 4.13. The average molecular weight is 367 g/mol. The van der Waals surface area contributed by atoms with Gasteiger partial charge in [0.15, 0.2) is 0 Å². The Morgan fingerprint density at radius 2 is 1.78 bits per heavy atom. The van der Waals surface area contributed by atoms with Crippen LogP contribution in [-0.4, -0.2) is 40.5 Å². The van der Waals surface area contributed by atoms with Gasteiger partial charge in [-0.15, -0.1) is 0 Å². The van der Waals surface area contributed by atoms with Crippen LogP contribution in [0.1, 0.15) is 36.0 Å². The Hall–Kier alpha value is -2.83. The van der Waals surface area contributed by atoms with E-state index in [2.05, 4.69) is 20.5 Å². The van der Waals surface area contributed by atoms with E-state index in [4.69, 9.17) is 0 Å². The monoisotopic (exact) mass is 367 g/mol. The van der Waals surface area contributed by atoms with Crippen molar-refractivity contribution in [2.45, 2.75) is 31.7 Å². The van der Waals surface area contributed by atoms with Crippen LogP contribution in [-0.2, 0) is 11.8 Å². The predicted octanol–water partition coefficient (Wildman–Crippen LogP) is 2.17. The van der Waals surface area contributed by atoms with Gasteiger partial charge in [0.05, 0.1) is 0 Å². The lowest BCUT2D eigenvalue weighted by Gasteiger charge is -2.33. The molecule has 0 bridgehead atoms. The Labute approximate surface area is 158 Å². The molecule has 0 unspecified atom stereocenters. The fourth-order valence-electron chi connectivity index (χ4n) is 3.45. The Balaban J connectivity index is 1.28. The zero-order valence-electron chi connectivity index (χ0n) is 15.5. The summed E-state index contributed by atoms with van der Waals surface area (Å²) in [5.41, 5.74) is 1.36. The summed E-state index contributed by atoms with van der Waals surface area (Å²) < 4.78 is 2.02. The van der Waals surface area contributed by atoms with Crippen LogP contribution < -0.4 is 15.5 Å². The molecule has 1 saturated heterocycles. The van der Waals surface area contributed by atoms with E-state index in [9.17, 15) is 9.59 Å². The Morgan fingerprint density at radius 1 is 1.07 bits per heavy atom. The SMILES string of the molecule is Cn1ccnc1N1CCC(NC(=O)c2ccc(NC(=O)C3CC3)cc2)CC1. The molecule has 27 heavy (non-hydrogen) atoms. The average Bonchev–Trinajstić information content (AvgIpc) is 3.45. The van der Waals surface area contributed by atoms with E-state index in [1.54, 1.807) is 30.5 Å². The fourth-order valence-corrected chi connectivity index (χ4v) is 3.45. The molecule has 1 aromatic heterocycles. The van der Waals surface area contributed by atoms with Gasteiger partial charge in [-0.25, -0.2) is 4.98 Å². The van der Waals surface area contributed by atoms with E-state index < -0.39 is 0 Å². The molecule has 2 aromatic rings. The summed E-state index contributed by atoms with van der Waals surface area (Å²) in [5.74, 6) is 1.16. The Morgan fingerprint density at radius 3 is 2.37 bits per heavy atom. The molecule has 1 saturated carbocycles. The van der Waals surface area contributed by atoms with Crippen molar-refractivity contribution in [3.63, 3.8) is 0 Å². The number of aromatic nitrogens is 2. The van der Waals surface area contributed by atoms with Crippen LogP contribution in [0.2, 0.25) is 0 Å². The number of hydrogen-bond acceptors (Lipinski definition) is 4. The first kappa shape index (κ1) is 17.6. The van der Waals surface area contributed by atoms with Gasteiger partial charge in [0, 0.05) is 55.7 Å². The number of amides is 2. The van der Waals surface area contributed by atoms with Gasteiger partial charge in [-0.3, -0.25) is 9.59 Å². The number of rotatable bonds is 5. The minimum Gasteiger partial charge on any atom is -0.349 e. The molecular formula is C20H25N5O2. The molecule has 4 rings (SSSR count). The van der Waals surface area contributed by atoms with Crippen molar-refractivity contribution in [3.05, 3.63) is 42.2 Å². The topological polar surface area (TPSA) is 79.3 Å². The second-order valence-corrected chi connectivity index (χ2v) is 7.41.